The van der Waals surface area contributed by atoms with Gasteiger partial charge >= 0.3 is 0 Å². The lowest BCUT2D eigenvalue weighted by molar-refractivity contribution is -0.135. The van der Waals surface area contributed by atoms with Crippen molar-refractivity contribution in [1.82, 2.24) is 15.0 Å². The Morgan fingerprint density at radius 2 is 2.04 bits per heavy atom. The Kier molecular flexibility index (Phi) is 4.64. The van der Waals surface area contributed by atoms with Gasteiger partial charge in [-0.25, -0.2) is 4.39 Å². The molecule has 24 heavy (non-hydrogen) atoms. The number of alkyl halides is 1. The van der Waals surface area contributed by atoms with Crippen LogP contribution >= 0.6 is 0 Å². The van der Waals surface area contributed by atoms with E-state index in [1.54, 1.807) is 4.90 Å². The summed E-state index contributed by atoms with van der Waals surface area (Å²) in [6.07, 6.45) is 1.74. The molecule has 1 unspecified atom stereocenters. The van der Waals surface area contributed by atoms with Crippen molar-refractivity contribution in [3.05, 3.63) is 36.2 Å². The van der Waals surface area contributed by atoms with Crippen LogP contribution in [0.25, 0.3) is 11.5 Å². The molecule has 0 aliphatic carbocycles. The van der Waals surface area contributed by atoms with E-state index in [4.69, 9.17) is 4.52 Å². The summed E-state index contributed by atoms with van der Waals surface area (Å²) in [6, 6.07) is 9.27. The summed E-state index contributed by atoms with van der Waals surface area (Å²) in [5.74, 6) is 0.303. The molecule has 0 saturated carbocycles. The first-order chi connectivity index (χ1) is 11.6. The summed E-state index contributed by atoms with van der Waals surface area (Å²) in [5, 5.41) is 3.83. The third-order valence-corrected chi connectivity index (χ3v) is 4.71. The molecule has 128 valence electrons. The number of likely N-dealkylation sites (tertiary alicyclic amines) is 1. The second-order valence-electron chi connectivity index (χ2n) is 6.28. The molecule has 5 nitrogen and oxygen atoms in total. The van der Waals surface area contributed by atoms with E-state index < -0.39 is 5.67 Å². The molecular formula is C18H22FN3O2. The highest BCUT2D eigenvalue weighted by atomic mass is 19.1. The number of carbonyl (C=O) groups is 1. The van der Waals surface area contributed by atoms with Gasteiger partial charge in [-0.05, 0) is 25.0 Å². The molecule has 6 heteroatoms. The topological polar surface area (TPSA) is 59.2 Å². The monoisotopic (exact) mass is 331 g/mol. The predicted molar refractivity (Wildman–Crippen MR) is 87.8 cm³/mol. The van der Waals surface area contributed by atoms with Crippen molar-refractivity contribution in [2.24, 2.45) is 5.92 Å². The number of nitrogens with zero attached hydrogens (tertiary/aromatic N) is 3. The average Bonchev–Trinajstić information content (AvgIpc) is 3.25. The normalized spacial score (nSPS) is 20.8. The standard InChI is InChI=1S/C18H22FN3O2/c1-3-13(4-2)16(23)22-11-10-18(19,12-22)17-20-15(24-21-17)14-8-6-5-7-9-14/h5-9,13H,3-4,10-12H2,1-2H3. The van der Waals surface area contributed by atoms with Crippen molar-refractivity contribution in [1.29, 1.82) is 0 Å². The highest BCUT2D eigenvalue weighted by Gasteiger charge is 2.46. The van der Waals surface area contributed by atoms with Gasteiger partial charge in [-0.1, -0.05) is 37.2 Å². The molecule has 1 aromatic carbocycles. The van der Waals surface area contributed by atoms with Gasteiger partial charge in [-0.2, -0.15) is 4.98 Å². The molecule has 3 rings (SSSR count). The van der Waals surface area contributed by atoms with Crippen molar-refractivity contribution < 1.29 is 13.7 Å². The van der Waals surface area contributed by atoms with E-state index in [0.29, 0.717) is 12.4 Å². The highest BCUT2D eigenvalue weighted by Crippen LogP contribution is 2.36. The lowest BCUT2D eigenvalue weighted by Gasteiger charge is -2.22. The predicted octanol–water partition coefficient (Wildman–Crippen LogP) is 3.57. The van der Waals surface area contributed by atoms with Crippen LogP contribution in [0.3, 0.4) is 0 Å². The Balaban J connectivity index is 1.76. The number of aromatic nitrogens is 2. The van der Waals surface area contributed by atoms with Crippen molar-refractivity contribution in [3.63, 3.8) is 0 Å². The second-order valence-corrected chi connectivity index (χ2v) is 6.28. The minimum Gasteiger partial charge on any atom is -0.339 e. The van der Waals surface area contributed by atoms with Crippen LogP contribution in [0, 0.1) is 5.92 Å². The molecule has 1 aromatic heterocycles. The minimum atomic E-state index is -1.74. The van der Waals surface area contributed by atoms with E-state index in [1.165, 1.54) is 0 Å². The van der Waals surface area contributed by atoms with E-state index in [1.807, 2.05) is 44.2 Å². The van der Waals surface area contributed by atoms with Crippen molar-refractivity contribution in [2.45, 2.75) is 38.8 Å². The first kappa shape index (κ1) is 16.6. The minimum absolute atomic E-state index is 0.00387. The summed E-state index contributed by atoms with van der Waals surface area (Å²) < 4.78 is 20.5. The Morgan fingerprint density at radius 3 is 2.71 bits per heavy atom. The van der Waals surface area contributed by atoms with E-state index in [9.17, 15) is 4.79 Å². The molecule has 2 heterocycles. The van der Waals surface area contributed by atoms with Gasteiger partial charge in [0, 0.05) is 24.4 Å². The zero-order valence-electron chi connectivity index (χ0n) is 14.0. The highest BCUT2D eigenvalue weighted by molar-refractivity contribution is 5.79. The van der Waals surface area contributed by atoms with Crippen LogP contribution < -0.4 is 0 Å². The molecule has 0 spiro atoms. The van der Waals surface area contributed by atoms with Gasteiger partial charge in [0.1, 0.15) is 0 Å². The molecule has 0 radical (unpaired) electrons. The summed E-state index contributed by atoms with van der Waals surface area (Å²) >= 11 is 0. The van der Waals surface area contributed by atoms with E-state index in [0.717, 1.165) is 18.4 Å². The van der Waals surface area contributed by atoms with Crippen LogP contribution in [-0.4, -0.2) is 34.0 Å². The fraction of sp³-hybridized carbons (Fsp3) is 0.500. The van der Waals surface area contributed by atoms with Gasteiger partial charge in [-0.3, -0.25) is 4.79 Å². The molecule has 0 bridgehead atoms. The summed E-state index contributed by atoms with van der Waals surface area (Å²) in [7, 11) is 0. The Bertz CT molecular complexity index is 699. The fourth-order valence-electron chi connectivity index (χ4n) is 3.14. The van der Waals surface area contributed by atoms with Crippen molar-refractivity contribution in [3.8, 4) is 11.5 Å². The summed E-state index contributed by atoms with van der Waals surface area (Å²) in [4.78, 5) is 18.3. The molecule has 1 atom stereocenters. The average molecular weight is 331 g/mol. The van der Waals surface area contributed by atoms with Gasteiger partial charge in [-0.15, -0.1) is 0 Å². The lowest BCUT2D eigenvalue weighted by atomic mass is 10.0. The van der Waals surface area contributed by atoms with E-state index >= 15 is 4.39 Å². The zero-order chi connectivity index (χ0) is 17.2. The van der Waals surface area contributed by atoms with Crippen LogP contribution in [0.1, 0.15) is 38.9 Å². The Labute approximate surface area is 140 Å². The van der Waals surface area contributed by atoms with Gasteiger partial charge in [0.2, 0.25) is 11.7 Å². The number of carbonyl (C=O) groups excluding carboxylic acids is 1. The smallest absolute Gasteiger partial charge is 0.258 e. The first-order valence-corrected chi connectivity index (χ1v) is 8.44. The maximum atomic E-state index is 15.3. The second kappa shape index (κ2) is 6.71. The third-order valence-electron chi connectivity index (χ3n) is 4.71. The fourth-order valence-corrected chi connectivity index (χ4v) is 3.14. The van der Waals surface area contributed by atoms with Crippen molar-refractivity contribution in [2.75, 3.05) is 13.1 Å². The molecule has 1 amide bonds. The van der Waals surface area contributed by atoms with Crippen LogP contribution in [0.4, 0.5) is 4.39 Å². The van der Waals surface area contributed by atoms with Crippen LogP contribution in [0.5, 0.6) is 0 Å². The number of hydrogen-bond acceptors (Lipinski definition) is 4. The summed E-state index contributed by atoms with van der Waals surface area (Å²) in [5.41, 5.74) is -0.985. The van der Waals surface area contributed by atoms with Crippen LogP contribution in [0.2, 0.25) is 0 Å². The van der Waals surface area contributed by atoms with Crippen molar-refractivity contribution >= 4 is 5.91 Å². The van der Waals surface area contributed by atoms with Crippen LogP contribution in [-0.2, 0) is 10.5 Å². The number of rotatable bonds is 5. The van der Waals surface area contributed by atoms with E-state index in [-0.39, 0.29) is 30.6 Å². The molecule has 1 saturated heterocycles. The maximum absolute atomic E-state index is 15.3. The van der Waals surface area contributed by atoms with Gasteiger partial charge in [0.05, 0.1) is 6.54 Å². The molecule has 2 aromatic rings. The van der Waals surface area contributed by atoms with Gasteiger partial charge in [0.15, 0.2) is 5.67 Å². The zero-order valence-corrected chi connectivity index (χ0v) is 14.0. The number of benzene rings is 1. The summed E-state index contributed by atoms with van der Waals surface area (Å²) in [6.45, 7) is 4.35. The Morgan fingerprint density at radius 1 is 1.33 bits per heavy atom. The molecule has 1 fully saturated rings. The molecular weight excluding hydrogens is 309 g/mol. The quantitative estimate of drug-likeness (QED) is 0.840. The maximum Gasteiger partial charge on any atom is 0.258 e. The largest absolute Gasteiger partial charge is 0.339 e. The van der Waals surface area contributed by atoms with E-state index in [2.05, 4.69) is 10.1 Å². The molecule has 1 aliphatic heterocycles. The third kappa shape index (κ3) is 3.05. The first-order valence-electron chi connectivity index (χ1n) is 8.44. The number of halogens is 1. The van der Waals surface area contributed by atoms with Gasteiger partial charge in [0.25, 0.3) is 5.89 Å². The van der Waals surface area contributed by atoms with Gasteiger partial charge < -0.3 is 9.42 Å². The number of amides is 1. The SMILES string of the molecule is CCC(CC)C(=O)N1CCC(F)(c2noc(-c3ccccc3)n2)C1. The molecule has 0 N–H and O–H groups in total. The van der Waals surface area contributed by atoms with Crippen LogP contribution in [0.15, 0.2) is 34.9 Å². The number of hydrogen-bond donors (Lipinski definition) is 0. The lowest BCUT2D eigenvalue weighted by Crippen LogP contribution is -2.36. The Hall–Kier alpha value is -2.24. The molecule has 1 aliphatic rings.